The van der Waals surface area contributed by atoms with E-state index in [1.165, 1.54) is 18.6 Å². The van der Waals surface area contributed by atoms with Gasteiger partial charge in [-0.05, 0) is 35.9 Å². The average Bonchev–Trinajstić information content (AvgIpc) is 2.17. The van der Waals surface area contributed by atoms with Gasteiger partial charge < -0.3 is 0 Å². The first-order chi connectivity index (χ1) is 7.72. The summed E-state index contributed by atoms with van der Waals surface area (Å²) < 4.78 is 0. The van der Waals surface area contributed by atoms with Crippen LogP contribution in [0.15, 0.2) is 23.3 Å². The van der Waals surface area contributed by atoms with Gasteiger partial charge in [-0.15, -0.1) is 0 Å². The molecule has 1 aliphatic carbocycles. The standard InChI is InChI=1S/C10H10N4O2/c11-13-12-9-5-4-8(7-2-1-3-7)6-10(9)14(15)16/h4-7H,1-3H2. The molecule has 0 atom stereocenters. The van der Waals surface area contributed by atoms with Crippen LogP contribution in [0.2, 0.25) is 0 Å². The molecule has 82 valence electrons. The largest absolute Gasteiger partial charge is 0.279 e. The molecule has 0 radical (unpaired) electrons. The van der Waals surface area contributed by atoms with Crippen molar-refractivity contribution in [3.63, 3.8) is 0 Å². The van der Waals surface area contributed by atoms with Crippen molar-refractivity contribution in [3.8, 4) is 0 Å². The molecule has 0 aliphatic heterocycles. The van der Waals surface area contributed by atoms with E-state index in [4.69, 9.17) is 5.53 Å². The molecule has 1 fully saturated rings. The van der Waals surface area contributed by atoms with Gasteiger partial charge in [0.2, 0.25) is 0 Å². The number of nitrogens with zero attached hydrogens (tertiary/aromatic N) is 4. The monoisotopic (exact) mass is 218 g/mol. The lowest BCUT2D eigenvalue weighted by molar-refractivity contribution is -0.384. The minimum atomic E-state index is -0.508. The quantitative estimate of drug-likeness (QED) is 0.253. The fraction of sp³-hybridized carbons (Fsp3) is 0.400. The minimum Gasteiger partial charge on any atom is -0.258 e. The number of hydrogen-bond acceptors (Lipinski definition) is 3. The molecular weight excluding hydrogens is 208 g/mol. The summed E-state index contributed by atoms with van der Waals surface area (Å²) in [4.78, 5) is 12.9. The van der Waals surface area contributed by atoms with Crippen molar-refractivity contribution < 1.29 is 4.92 Å². The first-order valence-corrected chi connectivity index (χ1v) is 5.06. The fourth-order valence-electron chi connectivity index (χ4n) is 1.81. The van der Waals surface area contributed by atoms with Crippen LogP contribution in [0.4, 0.5) is 11.4 Å². The fourth-order valence-corrected chi connectivity index (χ4v) is 1.81. The lowest BCUT2D eigenvalue weighted by Gasteiger charge is -2.25. The second kappa shape index (κ2) is 4.20. The summed E-state index contributed by atoms with van der Waals surface area (Å²) >= 11 is 0. The van der Waals surface area contributed by atoms with Gasteiger partial charge in [0.05, 0.1) is 4.92 Å². The van der Waals surface area contributed by atoms with Crippen LogP contribution in [0.5, 0.6) is 0 Å². The SMILES string of the molecule is [N-]=[N+]=Nc1ccc(C2CCC2)cc1[N+](=O)[O-]. The smallest absolute Gasteiger partial charge is 0.258 e. The zero-order valence-electron chi connectivity index (χ0n) is 8.54. The van der Waals surface area contributed by atoms with Crippen LogP contribution < -0.4 is 0 Å². The lowest BCUT2D eigenvalue weighted by atomic mass is 9.80. The van der Waals surface area contributed by atoms with Crippen LogP contribution in [0.25, 0.3) is 10.4 Å². The van der Waals surface area contributed by atoms with Crippen molar-refractivity contribution in [2.75, 3.05) is 0 Å². The Morgan fingerprint density at radius 3 is 2.75 bits per heavy atom. The molecule has 0 N–H and O–H groups in total. The normalized spacial score (nSPS) is 15.0. The third-order valence-electron chi connectivity index (χ3n) is 2.93. The molecular formula is C10H10N4O2. The molecule has 1 aromatic carbocycles. The van der Waals surface area contributed by atoms with E-state index in [9.17, 15) is 10.1 Å². The van der Waals surface area contributed by atoms with E-state index in [0.29, 0.717) is 5.92 Å². The Kier molecular flexibility index (Phi) is 2.74. The first-order valence-electron chi connectivity index (χ1n) is 5.06. The molecule has 16 heavy (non-hydrogen) atoms. The molecule has 6 heteroatoms. The lowest BCUT2D eigenvalue weighted by Crippen LogP contribution is -2.08. The molecule has 0 heterocycles. The summed E-state index contributed by atoms with van der Waals surface area (Å²) in [7, 11) is 0. The van der Waals surface area contributed by atoms with Crippen LogP contribution in [0.3, 0.4) is 0 Å². The molecule has 0 bridgehead atoms. The number of azide groups is 1. The zero-order chi connectivity index (χ0) is 11.5. The van der Waals surface area contributed by atoms with Gasteiger partial charge in [-0.1, -0.05) is 17.6 Å². The maximum absolute atomic E-state index is 10.8. The molecule has 1 saturated carbocycles. The second-order valence-electron chi connectivity index (χ2n) is 3.82. The van der Waals surface area contributed by atoms with Crippen LogP contribution >= 0.6 is 0 Å². The highest BCUT2D eigenvalue weighted by Crippen LogP contribution is 2.39. The highest BCUT2D eigenvalue weighted by Gasteiger charge is 2.22. The molecule has 1 aliphatic rings. The van der Waals surface area contributed by atoms with Gasteiger partial charge in [-0.2, -0.15) is 0 Å². The number of rotatable bonds is 3. The van der Waals surface area contributed by atoms with Crippen LogP contribution in [0.1, 0.15) is 30.7 Å². The van der Waals surface area contributed by atoms with E-state index in [-0.39, 0.29) is 11.4 Å². The predicted octanol–water partition coefficient (Wildman–Crippen LogP) is 3.80. The summed E-state index contributed by atoms with van der Waals surface area (Å²) in [5.74, 6) is 0.429. The zero-order valence-corrected chi connectivity index (χ0v) is 8.54. The van der Waals surface area contributed by atoms with Crippen LogP contribution in [-0.4, -0.2) is 4.92 Å². The van der Waals surface area contributed by atoms with E-state index in [1.54, 1.807) is 6.07 Å². The summed E-state index contributed by atoms with van der Waals surface area (Å²) in [5.41, 5.74) is 9.24. The average molecular weight is 218 g/mol. The van der Waals surface area contributed by atoms with Crippen molar-refractivity contribution in [2.45, 2.75) is 25.2 Å². The number of hydrogen-bond donors (Lipinski definition) is 0. The molecule has 2 rings (SSSR count). The minimum absolute atomic E-state index is 0.0792. The third-order valence-corrected chi connectivity index (χ3v) is 2.93. The molecule has 1 aromatic rings. The predicted molar refractivity (Wildman–Crippen MR) is 58.5 cm³/mol. The molecule has 0 aromatic heterocycles. The maximum Gasteiger partial charge on any atom is 0.279 e. The van der Waals surface area contributed by atoms with E-state index in [1.807, 2.05) is 0 Å². The van der Waals surface area contributed by atoms with Crippen molar-refractivity contribution in [2.24, 2.45) is 5.11 Å². The Balaban J connectivity index is 2.42. The van der Waals surface area contributed by atoms with Gasteiger partial charge in [0, 0.05) is 11.0 Å². The van der Waals surface area contributed by atoms with Crippen molar-refractivity contribution in [3.05, 3.63) is 44.3 Å². The van der Waals surface area contributed by atoms with Gasteiger partial charge in [0.15, 0.2) is 0 Å². The Morgan fingerprint density at radius 1 is 1.50 bits per heavy atom. The highest BCUT2D eigenvalue weighted by molar-refractivity contribution is 5.59. The van der Waals surface area contributed by atoms with Gasteiger partial charge in [-0.3, -0.25) is 10.1 Å². The summed E-state index contributed by atoms with van der Waals surface area (Å²) in [5, 5.41) is 14.1. The molecule has 0 unspecified atom stereocenters. The van der Waals surface area contributed by atoms with Crippen molar-refractivity contribution in [1.29, 1.82) is 0 Å². The summed E-state index contributed by atoms with van der Waals surface area (Å²) in [6, 6.07) is 4.85. The van der Waals surface area contributed by atoms with Gasteiger partial charge in [0.25, 0.3) is 5.69 Å². The highest BCUT2D eigenvalue weighted by atomic mass is 16.6. The number of benzene rings is 1. The Labute approximate surface area is 91.7 Å². The molecule has 0 spiro atoms. The maximum atomic E-state index is 10.8. The topological polar surface area (TPSA) is 91.9 Å². The summed E-state index contributed by atoms with van der Waals surface area (Å²) in [6.07, 6.45) is 3.34. The Morgan fingerprint density at radius 2 is 2.25 bits per heavy atom. The van der Waals surface area contributed by atoms with E-state index < -0.39 is 4.92 Å². The summed E-state index contributed by atoms with van der Waals surface area (Å²) in [6.45, 7) is 0. The second-order valence-corrected chi connectivity index (χ2v) is 3.82. The Bertz CT molecular complexity index is 476. The van der Waals surface area contributed by atoms with Crippen molar-refractivity contribution >= 4 is 11.4 Å². The molecule has 6 nitrogen and oxygen atoms in total. The van der Waals surface area contributed by atoms with E-state index in [2.05, 4.69) is 10.0 Å². The van der Waals surface area contributed by atoms with Crippen molar-refractivity contribution in [1.82, 2.24) is 0 Å². The third kappa shape index (κ3) is 1.83. The van der Waals surface area contributed by atoms with Gasteiger partial charge in [0.1, 0.15) is 5.69 Å². The van der Waals surface area contributed by atoms with Gasteiger partial charge >= 0.3 is 0 Å². The number of nitro benzene ring substituents is 1. The van der Waals surface area contributed by atoms with E-state index >= 15 is 0 Å². The Hall–Kier alpha value is -2.07. The van der Waals surface area contributed by atoms with E-state index in [0.717, 1.165) is 18.4 Å². The number of nitro groups is 1. The van der Waals surface area contributed by atoms with Crippen LogP contribution in [-0.2, 0) is 0 Å². The molecule has 0 saturated heterocycles. The molecule has 0 amide bonds. The van der Waals surface area contributed by atoms with Crippen LogP contribution in [0, 0.1) is 10.1 Å². The first kappa shape index (κ1) is 10.4. The van der Waals surface area contributed by atoms with Gasteiger partial charge in [-0.25, -0.2) is 0 Å².